The molecule has 0 aliphatic carbocycles. The summed E-state index contributed by atoms with van der Waals surface area (Å²) in [6.07, 6.45) is 2.50. The Labute approximate surface area is 151 Å². The topological polar surface area (TPSA) is 63.0 Å². The molecular weight excluding hydrogens is 338 g/mol. The van der Waals surface area contributed by atoms with Crippen LogP contribution in [0.2, 0.25) is 5.15 Å². The maximum Gasteiger partial charge on any atom is 0.261 e. The number of aryl methyl sites for hydroxylation is 1. The lowest BCUT2D eigenvalue weighted by Crippen LogP contribution is -2.19. The molecule has 1 N–H and O–H groups in total. The zero-order valence-electron chi connectivity index (χ0n) is 14.2. The van der Waals surface area contributed by atoms with Crippen LogP contribution in [-0.4, -0.2) is 46.0 Å². The average Bonchev–Trinajstić information content (AvgIpc) is 2.92. The Morgan fingerprint density at radius 2 is 2.04 bits per heavy atom. The smallest absolute Gasteiger partial charge is 0.261 e. The van der Waals surface area contributed by atoms with E-state index in [0.29, 0.717) is 11.5 Å². The molecule has 0 atom stereocenters. The molecule has 3 aromatic rings. The summed E-state index contributed by atoms with van der Waals surface area (Å²) in [5.74, 6) is 0.201. The van der Waals surface area contributed by atoms with Crippen LogP contribution in [0.15, 0.2) is 42.6 Å². The van der Waals surface area contributed by atoms with Gasteiger partial charge in [0.15, 0.2) is 0 Å². The molecule has 0 fully saturated rings. The van der Waals surface area contributed by atoms with Crippen LogP contribution in [0.4, 0.5) is 5.95 Å². The number of benzene rings is 1. The molecule has 1 aromatic carbocycles. The van der Waals surface area contributed by atoms with Crippen LogP contribution in [0, 0.1) is 0 Å². The van der Waals surface area contributed by atoms with Crippen molar-refractivity contribution in [3.8, 4) is 0 Å². The Bertz CT molecular complexity index is 890. The van der Waals surface area contributed by atoms with Crippen molar-refractivity contribution >= 4 is 34.5 Å². The van der Waals surface area contributed by atoms with E-state index in [4.69, 9.17) is 11.6 Å². The van der Waals surface area contributed by atoms with Gasteiger partial charge in [0.1, 0.15) is 5.15 Å². The van der Waals surface area contributed by atoms with Crippen LogP contribution in [0.5, 0.6) is 0 Å². The fourth-order valence-corrected chi connectivity index (χ4v) is 2.87. The number of carbonyl (C=O) groups excluding carboxylic acids is 1. The highest BCUT2D eigenvalue weighted by molar-refractivity contribution is 6.33. The summed E-state index contributed by atoms with van der Waals surface area (Å²) >= 11 is 6.02. The molecule has 130 valence electrons. The Morgan fingerprint density at radius 3 is 2.80 bits per heavy atom. The minimum atomic E-state index is -0.317. The second-order valence-corrected chi connectivity index (χ2v) is 6.39. The van der Waals surface area contributed by atoms with Gasteiger partial charge in [0, 0.05) is 12.7 Å². The van der Waals surface area contributed by atoms with E-state index in [9.17, 15) is 4.79 Å². The summed E-state index contributed by atoms with van der Waals surface area (Å²) in [4.78, 5) is 23.2. The number of anilines is 1. The maximum atomic E-state index is 12.5. The molecule has 0 saturated heterocycles. The molecule has 0 unspecified atom stereocenters. The first kappa shape index (κ1) is 17.4. The summed E-state index contributed by atoms with van der Waals surface area (Å²) in [5.41, 5.74) is 2.17. The predicted octanol–water partition coefficient (Wildman–Crippen LogP) is 3.29. The first-order chi connectivity index (χ1) is 12.1. The Kier molecular flexibility index (Phi) is 5.31. The first-order valence-electron chi connectivity index (χ1n) is 8.08. The summed E-state index contributed by atoms with van der Waals surface area (Å²) in [5, 5.41) is 3.05. The normalized spacial score (nSPS) is 11.2. The lowest BCUT2D eigenvalue weighted by Gasteiger charge is -2.13. The largest absolute Gasteiger partial charge is 0.310 e. The predicted molar refractivity (Wildman–Crippen MR) is 100 cm³/mol. The van der Waals surface area contributed by atoms with Gasteiger partial charge >= 0.3 is 0 Å². The number of imidazole rings is 1. The molecular formula is C18H20ClN5O. The molecule has 0 radical (unpaired) electrons. The standard InChI is InChI=1S/C18H20ClN5O/c1-23(2)11-6-12-24-15-9-4-3-8-14(15)21-18(24)22-17(25)13-7-5-10-20-16(13)19/h3-5,7-10H,6,11-12H2,1-2H3,(H,21,22,25). The summed E-state index contributed by atoms with van der Waals surface area (Å²) in [6.45, 7) is 1.71. The average molecular weight is 358 g/mol. The monoisotopic (exact) mass is 357 g/mol. The van der Waals surface area contributed by atoms with Crippen molar-refractivity contribution in [3.63, 3.8) is 0 Å². The highest BCUT2D eigenvalue weighted by atomic mass is 35.5. The number of amides is 1. The van der Waals surface area contributed by atoms with E-state index in [1.54, 1.807) is 18.3 Å². The van der Waals surface area contributed by atoms with Gasteiger partial charge in [0.2, 0.25) is 5.95 Å². The van der Waals surface area contributed by atoms with E-state index in [-0.39, 0.29) is 11.1 Å². The lowest BCUT2D eigenvalue weighted by molar-refractivity contribution is 0.102. The lowest BCUT2D eigenvalue weighted by atomic mass is 10.3. The molecule has 25 heavy (non-hydrogen) atoms. The van der Waals surface area contributed by atoms with Gasteiger partial charge in [-0.2, -0.15) is 0 Å². The Hall–Kier alpha value is -2.44. The van der Waals surface area contributed by atoms with E-state index in [2.05, 4.69) is 20.2 Å². The third-order valence-electron chi connectivity index (χ3n) is 3.87. The van der Waals surface area contributed by atoms with Crippen molar-refractivity contribution in [2.75, 3.05) is 26.0 Å². The molecule has 0 saturated carbocycles. The second-order valence-electron chi connectivity index (χ2n) is 6.03. The highest BCUT2D eigenvalue weighted by Gasteiger charge is 2.16. The van der Waals surface area contributed by atoms with Crippen molar-refractivity contribution in [2.45, 2.75) is 13.0 Å². The number of nitrogens with zero attached hydrogens (tertiary/aromatic N) is 4. The first-order valence-corrected chi connectivity index (χ1v) is 8.46. The van der Waals surface area contributed by atoms with Gasteiger partial charge in [0.05, 0.1) is 16.6 Å². The van der Waals surface area contributed by atoms with Crippen molar-refractivity contribution in [1.29, 1.82) is 0 Å². The number of para-hydroxylation sites is 2. The molecule has 1 amide bonds. The number of aromatic nitrogens is 3. The zero-order chi connectivity index (χ0) is 17.8. The van der Waals surface area contributed by atoms with Crippen LogP contribution >= 0.6 is 11.6 Å². The van der Waals surface area contributed by atoms with Crippen molar-refractivity contribution in [2.24, 2.45) is 0 Å². The Balaban J connectivity index is 1.89. The SMILES string of the molecule is CN(C)CCCn1c(NC(=O)c2cccnc2Cl)nc2ccccc21. The third kappa shape index (κ3) is 3.97. The van der Waals surface area contributed by atoms with E-state index in [1.807, 2.05) is 42.9 Å². The molecule has 0 aliphatic rings. The third-order valence-corrected chi connectivity index (χ3v) is 4.17. The number of hydrogen-bond donors (Lipinski definition) is 1. The molecule has 0 aliphatic heterocycles. The zero-order valence-corrected chi connectivity index (χ0v) is 15.0. The number of pyridine rings is 1. The van der Waals surface area contributed by atoms with Gasteiger partial charge in [-0.15, -0.1) is 0 Å². The van der Waals surface area contributed by atoms with E-state index in [0.717, 1.165) is 30.5 Å². The highest BCUT2D eigenvalue weighted by Crippen LogP contribution is 2.21. The van der Waals surface area contributed by atoms with E-state index in [1.165, 1.54) is 0 Å². The van der Waals surface area contributed by atoms with Crippen LogP contribution in [0.25, 0.3) is 11.0 Å². The molecule has 3 rings (SSSR count). The summed E-state index contributed by atoms with van der Waals surface area (Å²) in [7, 11) is 4.08. The number of nitrogens with one attached hydrogen (secondary N) is 1. The quantitative estimate of drug-likeness (QED) is 0.687. The summed E-state index contributed by atoms with van der Waals surface area (Å²) < 4.78 is 2.03. The fraction of sp³-hybridized carbons (Fsp3) is 0.278. The van der Waals surface area contributed by atoms with Gasteiger partial charge in [-0.25, -0.2) is 9.97 Å². The van der Waals surface area contributed by atoms with Crippen molar-refractivity contribution < 1.29 is 4.79 Å². The number of rotatable bonds is 6. The number of halogens is 1. The molecule has 6 nitrogen and oxygen atoms in total. The molecule has 2 heterocycles. The van der Waals surface area contributed by atoms with Crippen LogP contribution < -0.4 is 5.32 Å². The second kappa shape index (κ2) is 7.63. The minimum absolute atomic E-state index is 0.176. The van der Waals surface area contributed by atoms with Gasteiger partial charge < -0.3 is 9.47 Å². The molecule has 0 bridgehead atoms. The van der Waals surface area contributed by atoms with Gasteiger partial charge in [-0.05, 0) is 51.3 Å². The number of fused-ring (bicyclic) bond motifs is 1. The van der Waals surface area contributed by atoms with E-state index >= 15 is 0 Å². The van der Waals surface area contributed by atoms with Crippen LogP contribution in [0.3, 0.4) is 0 Å². The molecule has 0 spiro atoms. The van der Waals surface area contributed by atoms with Crippen molar-refractivity contribution in [1.82, 2.24) is 19.4 Å². The van der Waals surface area contributed by atoms with Crippen LogP contribution in [0.1, 0.15) is 16.8 Å². The van der Waals surface area contributed by atoms with Crippen LogP contribution in [-0.2, 0) is 6.54 Å². The maximum absolute atomic E-state index is 12.5. The van der Waals surface area contributed by atoms with Gasteiger partial charge in [0.25, 0.3) is 5.91 Å². The van der Waals surface area contributed by atoms with E-state index < -0.39 is 0 Å². The van der Waals surface area contributed by atoms with Gasteiger partial charge in [-0.3, -0.25) is 10.1 Å². The van der Waals surface area contributed by atoms with Crippen molar-refractivity contribution in [3.05, 3.63) is 53.3 Å². The molecule has 7 heteroatoms. The molecule has 2 aromatic heterocycles. The Morgan fingerprint density at radius 1 is 1.24 bits per heavy atom. The fourth-order valence-electron chi connectivity index (χ4n) is 2.67. The van der Waals surface area contributed by atoms with Gasteiger partial charge in [-0.1, -0.05) is 23.7 Å². The summed E-state index contributed by atoms with van der Waals surface area (Å²) in [6, 6.07) is 11.2. The number of hydrogen-bond acceptors (Lipinski definition) is 4. The minimum Gasteiger partial charge on any atom is -0.310 e. The number of carbonyl (C=O) groups is 1.